The minimum absolute atomic E-state index is 0.0268. The Hall–Kier alpha value is -3.07. The second kappa shape index (κ2) is 7.28. The highest BCUT2D eigenvalue weighted by Crippen LogP contribution is 2.37. The SMILES string of the molecule is COc1ccc(C2=NC(c3ccccc3)N(c3ccc(C)cc3)C2C)cc1. The van der Waals surface area contributed by atoms with Gasteiger partial charge in [-0.15, -0.1) is 0 Å². The molecule has 1 aliphatic heterocycles. The van der Waals surface area contributed by atoms with E-state index in [1.165, 1.54) is 16.8 Å². The quantitative estimate of drug-likeness (QED) is 0.625. The molecule has 0 aliphatic carbocycles. The molecule has 3 heteroatoms. The molecule has 3 aromatic rings. The number of ether oxygens (including phenoxy) is 1. The van der Waals surface area contributed by atoms with Crippen molar-refractivity contribution in [1.82, 2.24) is 0 Å². The summed E-state index contributed by atoms with van der Waals surface area (Å²) in [5.74, 6) is 0.861. The van der Waals surface area contributed by atoms with Crippen molar-refractivity contribution in [2.75, 3.05) is 12.0 Å². The van der Waals surface area contributed by atoms with Crippen LogP contribution in [0.25, 0.3) is 0 Å². The van der Waals surface area contributed by atoms with Gasteiger partial charge >= 0.3 is 0 Å². The van der Waals surface area contributed by atoms with Gasteiger partial charge in [-0.05, 0) is 61.4 Å². The minimum atomic E-state index is -0.0268. The molecule has 3 nitrogen and oxygen atoms in total. The van der Waals surface area contributed by atoms with Crippen LogP contribution >= 0.6 is 0 Å². The Kier molecular flexibility index (Phi) is 4.68. The van der Waals surface area contributed by atoms with Gasteiger partial charge in [0.1, 0.15) is 11.9 Å². The largest absolute Gasteiger partial charge is 0.497 e. The van der Waals surface area contributed by atoms with E-state index in [4.69, 9.17) is 9.73 Å². The lowest BCUT2D eigenvalue weighted by molar-refractivity contribution is 0.415. The van der Waals surface area contributed by atoms with Gasteiger partial charge in [0.05, 0.1) is 18.9 Å². The summed E-state index contributed by atoms with van der Waals surface area (Å²) in [6.07, 6.45) is -0.0268. The average molecular weight is 356 g/mol. The van der Waals surface area contributed by atoms with Crippen molar-refractivity contribution in [3.05, 3.63) is 95.6 Å². The zero-order valence-electron chi connectivity index (χ0n) is 16.0. The number of rotatable bonds is 4. The number of hydrogen-bond donors (Lipinski definition) is 0. The van der Waals surface area contributed by atoms with Crippen LogP contribution in [0.2, 0.25) is 0 Å². The van der Waals surface area contributed by atoms with Crippen molar-refractivity contribution in [2.45, 2.75) is 26.1 Å². The molecular weight excluding hydrogens is 332 g/mol. The highest BCUT2D eigenvalue weighted by Gasteiger charge is 2.35. The lowest BCUT2D eigenvalue weighted by Gasteiger charge is -2.30. The Balaban J connectivity index is 1.77. The predicted octanol–water partition coefficient (Wildman–Crippen LogP) is 5.40. The number of nitrogens with zero attached hydrogens (tertiary/aromatic N) is 2. The Morgan fingerprint density at radius 1 is 0.852 bits per heavy atom. The maximum absolute atomic E-state index is 5.30. The first kappa shape index (κ1) is 17.3. The van der Waals surface area contributed by atoms with E-state index in [0.29, 0.717) is 0 Å². The molecule has 0 bridgehead atoms. The summed E-state index contributed by atoms with van der Waals surface area (Å²) in [5, 5.41) is 0. The van der Waals surface area contributed by atoms with E-state index < -0.39 is 0 Å². The molecule has 0 spiro atoms. The number of aryl methyl sites for hydroxylation is 1. The first-order valence-corrected chi connectivity index (χ1v) is 9.29. The number of methoxy groups -OCH3 is 1. The summed E-state index contributed by atoms with van der Waals surface area (Å²) < 4.78 is 5.30. The van der Waals surface area contributed by atoms with E-state index in [-0.39, 0.29) is 12.2 Å². The van der Waals surface area contributed by atoms with Crippen LogP contribution in [0, 0.1) is 6.92 Å². The predicted molar refractivity (Wildman–Crippen MR) is 112 cm³/mol. The molecule has 136 valence electrons. The summed E-state index contributed by atoms with van der Waals surface area (Å²) >= 11 is 0. The monoisotopic (exact) mass is 356 g/mol. The van der Waals surface area contributed by atoms with E-state index in [2.05, 4.69) is 79.4 Å². The highest BCUT2D eigenvalue weighted by molar-refractivity contribution is 6.07. The first-order valence-electron chi connectivity index (χ1n) is 9.29. The van der Waals surface area contributed by atoms with Crippen molar-refractivity contribution in [1.29, 1.82) is 0 Å². The Labute approximate surface area is 160 Å². The molecule has 0 N–H and O–H groups in total. The molecule has 0 saturated heterocycles. The molecule has 2 unspecified atom stereocenters. The number of hydrogen-bond acceptors (Lipinski definition) is 3. The van der Waals surface area contributed by atoms with Crippen LogP contribution in [-0.4, -0.2) is 18.9 Å². The van der Waals surface area contributed by atoms with Crippen molar-refractivity contribution >= 4 is 11.4 Å². The van der Waals surface area contributed by atoms with Crippen LogP contribution in [0.15, 0.2) is 83.9 Å². The van der Waals surface area contributed by atoms with E-state index in [1.807, 2.05) is 18.2 Å². The molecular formula is C24H24N2O. The minimum Gasteiger partial charge on any atom is -0.497 e. The third kappa shape index (κ3) is 3.33. The van der Waals surface area contributed by atoms with E-state index in [1.54, 1.807) is 7.11 Å². The summed E-state index contributed by atoms with van der Waals surface area (Å²) in [4.78, 5) is 7.54. The second-order valence-electron chi connectivity index (χ2n) is 6.95. The van der Waals surface area contributed by atoms with E-state index >= 15 is 0 Å². The van der Waals surface area contributed by atoms with Crippen molar-refractivity contribution in [3.63, 3.8) is 0 Å². The summed E-state index contributed by atoms with van der Waals surface area (Å²) in [6.45, 7) is 4.34. The smallest absolute Gasteiger partial charge is 0.148 e. The third-order valence-electron chi connectivity index (χ3n) is 5.15. The van der Waals surface area contributed by atoms with Crippen LogP contribution in [0.4, 0.5) is 5.69 Å². The zero-order valence-corrected chi connectivity index (χ0v) is 16.0. The maximum Gasteiger partial charge on any atom is 0.148 e. The normalized spacial score (nSPS) is 19.1. The fraction of sp³-hybridized carbons (Fsp3) is 0.208. The van der Waals surface area contributed by atoms with Crippen LogP contribution in [0.5, 0.6) is 5.75 Å². The molecule has 2 atom stereocenters. The summed E-state index contributed by atoms with van der Waals surface area (Å²) in [7, 11) is 1.69. The maximum atomic E-state index is 5.30. The van der Waals surface area contributed by atoms with Crippen LogP contribution in [0.1, 0.15) is 29.8 Å². The molecule has 0 aromatic heterocycles. The molecule has 4 rings (SSSR count). The molecule has 1 aliphatic rings. The summed E-state index contributed by atoms with van der Waals surface area (Å²) in [6, 6.07) is 27.6. The van der Waals surface area contributed by atoms with Crippen LogP contribution in [0.3, 0.4) is 0 Å². The molecule has 0 radical (unpaired) electrons. The first-order chi connectivity index (χ1) is 13.2. The topological polar surface area (TPSA) is 24.8 Å². The van der Waals surface area contributed by atoms with Gasteiger partial charge in [0, 0.05) is 5.69 Å². The lowest BCUT2D eigenvalue weighted by atomic mass is 10.0. The van der Waals surface area contributed by atoms with Gasteiger partial charge in [0.15, 0.2) is 0 Å². The van der Waals surface area contributed by atoms with Gasteiger partial charge in [-0.2, -0.15) is 0 Å². The van der Waals surface area contributed by atoms with Gasteiger partial charge in [-0.3, -0.25) is 4.99 Å². The fourth-order valence-corrected chi connectivity index (χ4v) is 3.66. The molecule has 0 saturated carbocycles. The number of aliphatic imine (C=N–C) groups is 1. The third-order valence-corrected chi connectivity index (χ3v) is 5.15. The van der Waals surface area contributed by atoms with Gasteiger partial charge in [-0.1, -0.05) is 48.0 Å². The van der Waals surface area contributed by atoms with Crippen LogP contribution in [-0.2, 0) is 0 Å². The van der Waals surface area contributed by atoms with Gasteiger partial charge in [0.25, 0.3) is 0 Å². The van der Waals surface area contributed by atoms with Gasteiger partial charge in [0.2, 0.25) is 0 Å². The van der Waals surface area contributed by atoms with Crippen molar-refractivity contribution < 1.29 is 4.74 Å². The molecule has 3 aromatic carbocycles. The molecule has 1 heterocycles. The highest BCUT2D eigenvalue weighted by atomic mass is 16.5. The van der Waals surface area contributed by atoms with Crippen molar-refractivity contribution in [2.24, 2.45) is 4.99 Å². The summed E-state index contributed by atoms with van der Waals surface area (Å²) in [5.41, 5.74) is 5.90. The second-order valence-corrected chi connectivity index (χ2v) is 6.95. The van der Waals surface area contributed by atoms with E-state index in [9.17, 15) is 0 Å². The fourth-order valence-electron chi connectivity index (χ4n) is 3.66. The van der Waals surface area contributed by atoms with Gasteiger partial charge < -0.3 is 9.64 Å². The van der Waals surface area contributed by atoms with Crippen LogP contribution < -0.4 is 9.64 Å². The number of benzene rings is 3. The average Bonchev–Trinajstić information content (AvgIpc) is 3.06. The Morgan fingerprint density at radius 2 is 1.52 bits per heavy atom. The Bertz CT molecular complexity index is 930. The molecule has 0 amide bonds. The number of anilines is 1. The zero-order chi connectivity index (χ0) is 18.8. The molecule has 0 fully saturated rings. The molecule has 27 heavy (non-hydrogen) atoms. The van der Waals surface area contributed by atoms with Crippen molar-refractivity contribution in [3.8, 4) is 5.75 Å². The van der Waals surface area contributed by atoms with E-state index in [0.717, 1.165) is 17.0 Å². The van der Waals surface area contributed by atoms with Gasteiger partial charge in [-0.25, -0.2) is 0 Å². The standard InChI is InChI=1S/C24H24N2O/c1-17-9-13-21(14-10-17)26-18(2)23(19-11-15-22(27-3)16-12-19)25-24(26)20-7-5-4-6-8-20/h4-16,18,24H,1-3H3. The lowest BCUT2D eigenvalue weighted by Crippen LogP contribution is -2.35. The Morgan fingerprint density at radius 3 is 2.15 bits per heavy atom.